The molecule has 0 saturated carbocycles. The van der Waals surface area contributed by atoms with Gasteiger partial charge >= 0.3 is 0 Å². The Morgan fingerprint density at radius 1 is 1.73 bits per heavy atom. The highest BCUT2D eigenvalue weighted by molar-refractivity contribution is 7.05. The average Bonchev–Trinajstić information content (AvgIpc) is 2.52. The van der Waals surface area contributed by atoms with E-state index >= 15 is 0 Å². The second-order valence-corrected chi connectivity index (χ2v) is 3.04. The monoisotopic (exact) mass is 173 g/mol. The molecule has 0 saturated heterocycles. The van der Waals surface area contributed by atoms with Crippen molar-refractivity contribution in [3.05, 3.63) is 11.3 Å². The van der Waals surface area contributed by atoms with Gasteiger partial charge in [-0.3, -0.25) is 0 Å². The summed E-state index contributed by atoms with van der Waals surface area (Å²) in [5, 5.41) is 10.1. The zero-order chi connectivity index (χ0) is 8.10. The first kappa shape index (κ1) is 8.58. The number of aliphatic hydroxyl groups is 1. The van der Waals surface area contributed by atoms with Crippen LogP contribution in [0.4, 0.5) is 0 Å². The molecule has 1 aromatic rings. The molecule has 0 radical (unpaired) electrons. The topological polar surface area (TPSA) is 72.0 Å². The van der Waals surface area contributed by atoms with Crippen molar-refractivity contribution in [3.8, 4) is 0 Å². The number of nitrogens with zero attached hydrogens (tertiary/aromatic N) is 2. The van der Waals surface area contributed by atoms with Crippen LogP contribution in [0, 0.1) is 0 Å². The van der Waals surface area contributed by atoms with E-state index in [2.05, 4.69) is 9.36 Å². The fourth-order valence-corrected chi connectivity index (χ4v) is 1.30. The van der Waals surface area contributed by atoms with Gasteiger partial charge in [0.25, 0.3) is 0 Å². The Morgan fingerprint density at radius 3 is 3.09 bits per heavy atom. The van der Waals surface area contributed by atoms with Crippen LogP contribution in [-0.4, -0.2) is 21.0 Å². The quantitative estimate of drug-likeness (QED) is 0.687. The maximum absolute atomic E-state index is 9.39. The van der Waals surface area contributed by atoms with Gasteiger partial charge in [-0.2, -0.15) is 4.37 Å². The van der Waals surface area contributed by atoms with Gasteiger partial charge in [-0.15, -0.1) is 0 Å². The second-order valence-electron chi connectivity index (χ2n) is 2.23. The molecule has 1 heterocycles. The minimum Gasteiger partial charge on any atom is -0.386 e. The number of hydrogen-bond acceptors (Lipinski definition) is 5. The van der Waals surface area contributed by atoms with Gasteiger partial charge in [0.15, 0.2) is 0 Å². The third-order valence-corrected chi connectivity index (χ3v) is 2.11. The molecule has 0 aliphatic carbocycles. The molecule has 1 atom stereocenters. The highest BCUT2D eigenvalue weighted by Gasteiger charge is 2.09. The number of rotatable bonds is 4. The van der Waals surface area contributed by atoms with E-state index in [1.54, 1.807) is 0 Å². The SMILES string of the molecule is NCCCC(O)c1ncns1. The first-order valence-corrected chi connectivity index (χ1v) is 4.26. The van der Waals surface area contributed by atoms with Crippen molar-refractivity contribution in [1.82, 2.24) is 9.36 Å². The van der Waals surface area contributed by atoms with Gasteiger partial charge < -0.3 is 10.8 Å². The molecule has 0 fully saturated rings. The predicted molar refractivity (Wildman–Crippen MR) is 43.2 cm³/mol. The molecule has 0 aromatic carbocycles. The number of aliphatic hydroxyl groups excluding tert-OH is 1. The summed E-state index contributed by atoms with van der Waals surface area (Å²) in [6.45, 7) is 0.607. The van der Waals surface area contributed by atoms with Gasteiger partial charge in [0.2, 0.25) is 0 Å². The van der Waals surface area contributed by atoms with E-state index < -0.39 is 6.10 Å². The Hall–Kier alpha value is -0.520. The Kier molecular flexibility index (Phi) is 3.41. The maximum Gasteiger partial charge on any atom is 0.142 e. The molecule has 62 valence electrons. The van der Waals surface area contributed by atoms with Crippen molar-refractivity contribution < 1.29 is 5.11 Å². The molecule has 0 amide bonds. The summed E-state index contributed by atoms with van der Waals surface area (Å²) in [6.07, 6.45) is 2.46. The van der Waals surface area contributed by atoms with E-state index in [9.17, 15) is 5.11 Å². The van der Waals surface area contributed by atoms with Gasteiger partial charge in [0.05, 0.1) is 0 Å². The van der Waals surface area contributed by atoms with Crippen molar-refractivity contribution in [2.75, 3.05) is 6.54 Å². The van der Waals surface area contributed by atoms with Gasteiger partial charge in [-0.25, -0.2) is 4.98 Å². The van der Waals surface area contributed by atoms with Crippen LogP contribution >= 0.6 is 11.5 Å². The summed E-state index contributed by atoms with van der Waals surface area (Å²) in [5.74, 6) is 0. The lowest BCUT2D eigenvalue weighted by atomic mass is 10.2. The summed E-state index contributed by atoms with van der Waals surface area (Å²) in [6, 6.07) is 0. The molecule has 0 aliphatic heterocycles. The Balaban J connectivity index is 2.36. The van der Waals surface area contributed by atoms with Crippen LogP contribution in [0.25, 0.3) is 0 Å². The van der Waals surface area contributed by atoms with Crippen LogP contribution < -0.4 is 5.73 Å². The zero-order valence-electron chi connectivity index (χ0n) is 6.10. The van der Waals surface area contributed by atoms with Crippen LogP contribution in [-0.2, 0) is 0 Å². The van der Waals surface area contributed by atoms with Crippen LogP contribution in [0.5, 0.6) is 0 Å². The molecule has 1 rings (SSSR count). The van der Waals surface area contributed by atoms with Gasteiger partial charge in [0, 0.05) is 0 Å². The van der Waals surface area contributed by atoms with Crippen molar-refractivity contribution in [2.24, 2.45) is 5.73 Å². The van der Waals surface area contributed by atoms with E-state index in [0.717, 1.165) is 6.42 Å². The van der Waals surface area contributed by atoms with E-state index in [0.29, 0.717) is 18.0 Å². The molecule has 11 heavy (non-hydrogen) atoms. The van der Waals surface area contributed by atoms with E-state index in [4.69, 9.17) is 5.73 Å². The van der Waals surface area contributed by atoms with Gasteiger partial charge in [-0.1, -0.05) is 0 Å². The molecular formula is C6H11N3OS. The van der Waals surface area contributed by atoms with Crippen molar-refractivity contribution in [2.45, 2.75) is 18.9 Å². The molecule has 4 nitrogen and oxygen atoms in total. The van der Waals surface area contributed by atoms with E-state index in [-0.39, 0.29) is 0 Å². The molecule has 5 heteroatoms. The number of aromatic nitrogens is 2. The summed E-state index contributed by atoms with van der Waals surface area (Å²) >= 11 is 1.23. The first-order chi connectivity index (χ1) is 5.34. The minimum absolute atomic E-state index is 0.481. The molecule has 0 bridgehead atoms. The van der Waals surface area contributed by atoms with Crippen LogP contribution in [0.15, 0.2) is 6.33 Å². The minimum atomic E-state index is -0.481. The normalized spacial score (nSPS) is 13.3. The molecule has 1 unspecified atom stereocenters. The molecule has 3 N–H and O–H groups in total. The molecule has 0 aliphatic rings. The lowest BCUT2D eigenvalue weighted by molar-refractivity contribution is 0.165. The second kappa shape index (κ2) is 4.38. The smallest absolute Gasteiger partial charge is 0.142 e. The fraction of sp³-hybridized carbons (Fsp3) is 0.667. The molecular weight excluding hydrogens is 162 g/mol. The third kappa shape index (κ3) is 2.53. The van der Waals surface area contributed by atoms with Crippen LogP contribution in [0.1, 0.15) is 24.0 Å². The fourth-order valence-electron chi connectivity index (χ4n) is 0.763. The lowest BCUT2D eigenvalue weighted by Gasteiger charge is -2.03. The standard InChI is InChI=1S/C6H11N3OS/c7-3-1-2-5(10)6-8-4-9-11-6/h4-5,10H,1-3,7H2. The Morgan fingerprint density at radius 2 is 2.55 bits per heavy atom. The number of nitrogens with two attached hydrogens (primary N) is 1. The largest absolute Gasteiger partial charge is 0.386 e. The molecule has 0 spiro atoms. The van der Waals surface area contributed by atoms with Crippen molar-refractivity contribution in [3.63, 3.8) is 0 Å². The van der Waals surface area contributed by atoms with E-state index in [1.807, 2.05) is 0 Å². The Bertz CT molecular complexity index is 190. The highest BCUT2D eigenvalue weighted by Crippen LogP contribution is 2.17. The third-order valence-electron chi connectivity index (χ3n) is 1.35. The highest BCUT2D eigenvalue weighted by atomic mass is 32.1. The molecule has 1 aromatic heterocycles. The van der Waals surface area contributed by atoms with Crippen molar-refractivity contribution in [1.29, 1.82) is 0 Å². The maximum atomic E-state index is 9.39. The summed E-state index contributed by atoms with van der Waals surface area (Å²) < 4.78 is 3.79. The van der Waals surface area contributed by atoms with Gasteiger partial charge in [-0.05, 0) is 30.9 Å². The zero-order valence-corrected chi connectivity index (χ0v) is 6.92. The number of hydrogen-bond donors (Lipinski definition) is 2. The average molecular weight is 173 g/mol. The summed E-state index contributed by atoms with van der Waals surface area (Å²) in [7, 11) is 0. The lowest BCUT2D eigenvalue weighted by Crippen LogP contribution is -2.03. The predicted octanol–water partition coefficient (Wildman–Crippen LogP) is 0.310. The van der Waals surface area contributed by atoms with Gasteiger partial charge in [0.1, 0.15) is 17.4 Å². The van der Waals surface area contributed by atoms with Crippen LogP contribution in [0.3, 0.4) is 0 Å². The summed E-state index contributed by atoms with van der Waals surface area (Å²) in [4.78, 5) is 3.89. The van der Waals surface area contributed by atoms with Crippen LogP contribution in [0.2, 0.25) is 0 Å². The Labute approximate surface area is 69.2 Å². The van der Waals surface area contributed by atoms with E-state index in [1.165, 1.54) is 17.9 Å². The first-order valence-electron chi connectivity index (χ1n) is 3.49. The summed E-state index contributed by atoms with van der Waals surface area (Å²) in [5.41, 5.74) is 5.29. The van der Waals surface area contributed by atoms with Crippen molar-refractivity contribution >= 4 is 11.5 Å².